The van der Waals surface area contributed by atoms with Crippen LogP contribution in [0.2, 0.25) is 0 Å². The van der Waals surface area contributed by atoms with E-state index in [1.807, 2.05) is 6.07 Å². The minimum atomic E-state index is -3.15. The van der Waals surface area contributed by atoms with Gasteiger partial charge in [0, 0.05) is 0 Å². The van der Waals surface area contributed by atoms with Gasteiger partial charge in [0.25, 0.3) is 0 Å². The predicted octanol–water partition coefficient (Wildman–Crippen LogP) is 7.82. The summed E-state index contributed by atoms with van der Waals surface area (Å²) in [5.41, 5.74) is 0.894. The van der Waals surface area contributed by atoms with Crippen LogP contribution in [0.4, 0.5) is 17.6 Å². The molecule has 1 nitrogen and oxygen atoms in total. The molecule has 2 saturated carbocycles. The van der Waals surface area contributed by atoms with Gasteiger partial charge in [-0.3, -0.25) is 0 Å². The van der Waals surface area contributed by atoms with Crippen LogP contribution in [-0.4, -0.2) is 6.61 Å². The molecule has 4 rings (SSSR count). The zero-order chi connectivity index (χ0) is 20.5. The number of hydrogen-bond donors (Lipinski definition) is 0. The summed E-state index contributed by atoms with van der Waals surface area (Å²) in [6.45, 7) is -0.894. The molecule has 0 bridgehead atoms. The Bertz CT molecular complexity index is 866. The molecular weight excluding hydrogens is 380 g/mol. The second kappa shape index (κ2) is 8.53. The van der Waals surface area contributed by atoms with Crippen LogP contribution in [0.25, 0.3) is 10.8 Å². The van der Waals surface area contributed by atoms with E-state index in [-0.39, 0.29) is 11.3 Å². The minimum absolute atomic E-state index is 0.276. The fourth-order valence-corrected chi connectivity index (χ4v) is 5.76. The van der Waals surface area contributed by atoms with E-state index in [0.29, 0.717) is 11.3 Å². The van der Waals surface area contributed by atoms with E-state index in [1.54, 1.807) is 0 Å². The highest BCUT2D eigenvalue weighted by Crippen LogP contribution is 2.48. The number of benzene rings is 2. The molecule has 2 unspecified atom stereocenters. The summed E-state index contributed by atoms with van der Waals surface area (Å²) in [7, 11) is 0. The van der Waals surface area contributed by atoms with Crippen LogP contribution < -0.4 is 4.74 Å². The standard InChI is InChI=1S/C24H28F4O/c1-2-3-14-4-5-16-11-17(7-6-15(16)10-14)19-12-18-8-9-21(29-24(27)28)23(26)22(18)20(25)13-19/h8-9,12-17,24H,2-7,10-11H2,1H3/t14-,15?,16-,17?/m1/s1. The number of hydrogen-bond acceptors (Lipinski definition) is 1. The zero-order valence-corrected chi connectivity index (χ0v) is 16.8. The van der Waals surface area contributed by atoms with E-state index < -0.39 is 24.0 Å². The number of ether oxygens (including phenoxy) is 1. The smallest absolute Gasteiger partial charge is 0.387 e. The van der Waals surface area contributed by atoms with E-state index in [1.165, 1.54) is 50.7 Å². The molecule has 0 radical (unpaired) electrons. The lowest BCUT2D eigenvalue weighted by molar-refractivity contribution is -0.0520. The molecular formula is C24H28F4O. The average molecular weight is 408 g/mol. The van der Waals surface area contributed by atoms with Crippen molar-refractivity contribution in [3.05, 3.63) is 41.5 Å². The quantitative estimate of drug-likeness (QED) is 0.458. The topological polar surface area (TPSA) is 9.23 Å². The highest BCUT2D eigenvalue weighted by atomic mass is 19.3. The van der Waals surface area contributed by atoms with Gasteiger partial charge in [-0.1, -0.05) is 38.3 Å². The van der Waals surface area contributed by atoms with E-state index in [2.05, 4.69) is 11.7 Å². The lowest BCUT2D eigenvalue weighted by atomic mass is 9.63. The largest absolute Gasteiger partial charge is 0.432 e. The third-order valence-electron chi connectivity index (χ3n) is 7.10. The molecule has 4 atom stereocenters. The van der Waals surface area contributed by atoms with Gasteiger partial charge in [-0.05, 0) is 78.9 Å². The molecule has 0 saturated heterocycles. The van der Waals surface area contributed by atoms with Gasteiger partial charge in [0.2, 0.25) is 0 Å². The van der Waals surface area contributed by atoms with Gasteiger partial charge >= 0.3 is 6.61 Å². The van der Waals surface area contributed by atoms with Crippen molar-refractivity contribution in [2.75, 3.05) is 0 Å². The molecule has 2 aromatic carbocycles. The van der Waals surface area contributed by atoms with Gasteiger partial charge in [0.05, 0.1) is 5.39 Å². The van der Waals surface area contributed by atoms with Crippen molar-refractivity contribution in [3.8, 4) is 5.75 Å². The second-order valence-corrected chi connectivity index (χ2v) is 8.85. The number of halogens is 4. The van der Waals surface area contributed by atoms with Gasteiger partial charge in [-0.15, -0.1) is 0 Å². The molecule has 0 amide bonds. The first-order valence-corrected chi connectivity index (χ1v) is 10.8. The van der Waals surface area contributed by atoms with Gasteiger partial charge in [0.15, 0.2) is 11.6 Å². The Morgan fingerprint density at radius 2 is 1.76 bits per heavy atom. The Kier molecular flexibility index (Phi) is 6.03. The molecule has 2 aromatic rings. The molecule has 0 aromatic heterocycles. The highest BCUT2D eigenvalue weighted by molar-refractivity contribution is 5.86. The molecule has 0 N–H and O–H groups in total. The summed E-state index contributed by atoms with van der Waals surface area (Å²) >= 11 is 0. The Labute approximate surface area is 169 Å². The first kappa shape index (κ1) is 20.5. The lowest BCUT2D eigenvalue weighted by Gasteiger charge is -2.42. The summed E-state index contributed by atoms with van der Waals surface area (Å²) in [5, 5.41) is 0.119. The molecule has 0 aliphatic heterocycles. The SMILES string of the molecule is CCC[C@@H]1CC[C@@H]2CC(c3cc(F)c4c(F)c(OC(F)F)ccc4c3)CCC2C1. The van der Waals surface area contributed by atoms with Gasteiger partial charge in [-0.25, -0.2) is 8.78 Å². The van der Waals surface area contributed by atoms with Crippen LogP contribution in [0.5, 0.6) is 5.75 Å². The Morgan fingerprint density at radius 1 is 1.00 bits per heavy atom. The number of alkyl halides is 2. The molecule has 29 heavy (non-hydrogen) atoms. The van der Waals surface area contributed by atoms with E-state index >= 15 is 0 Å². The van der Waals surface area contributed by atoms with Crippen LogP contribution in [0.3, 0.4) is 0 Å². The normalized spacial score (nSPS) is 27.2. The zero-order valence-electron chi connectivity index (χ0n) is 16.8. The molecule has 5 heteroatoms. The van der Waals surface area contributed by atoms with Crippen molar-refractivity contribution in [2.24, 2.45) is 17.8 Å². The van der Waals surface area contributed by atoms with E-state index in [9.17, 15) is 17.6 Å². The maximum Gasteiger partial charge on any atom is 0.387 e. The van der Waals surface area contributed by atoms with E-state index in [0.717, 1.165) is 36.3 Å². The monoisotopic (exact) mass is 408 g/mol. The van der Waals surface area contributed by atoms with Crippen LogP contribution in [0.15, 0.2) is 24.3 Å². The van der Waals surface area contributed by atoms with Gasteiger partial charge in [-0.2, -0.15) is 8.78 Å². The highest BCUT2D eigenvalue weighted by Gasteiger charge is 2.36. The second-order valence-electron chi connectivity index (χ2n) is 8.85. The fraction of sp³-hybridized carbons (Fsp3) is 0.583. The minimum Gasteiger partial charge on any atom is -0.432 e. The van der Waals surface area contributed by atoms with Crippen molar-refractivity contribution >= 4 is 10.8 Å². The van der Waals surface area contributed by atoms with Crippen molar-refractivity contribution in [2.45, 2.75) is 70.8 Å². The fourth-order valence-electron chi connectivity index (χ4n) is 5.76. The third-order valence-corrected chi connectivity index (χ3v) is 7.10. The summed E-state index contributed by atoms with van der Waals surface area (Å²) in [6, 6.07) is 5.83. The summed E-state index contributed by atoms with van der Waals surface area (Å²) < 4.78 is 58.3. The van der Waals surface area contributed by atoms with Gasteiger partial charge < -0.3 is 4.74 Å². The first-order chi connectivity index (χ1) is 14.0. The lowest BCUT2D eigenvalue weighted by Crippen LogP contribution is -2.30. The molecule has 2 fully saturated rings. The van der Waals surface area contributed by atoms with Crippen LogP contribution in [0, 0.1) is 29.4 Å². The molecule has 0 heterocycles. The van der Waals surface area contributed by atoms with Crippen LogP contribution in [-0.2, 0) is 0 Å². The summed E-state index contributed by atoms with van der Waals surface area (Å²) in [6.07, 6.45) is 9.72. The number of rotatable bonds is 5. The Balaban J connectivity index is 1.55. The van der Waals surface area contributed by atoms with Crippen molar-refractivity contribution < 1.29 is 22.3 Å². The van der Waals surface area contributed by atoms with Crippen LogP contribution >= 0.6 is 0 Å². The summed E-state index contributed by atoms with van der Waals surface area (Å²) in [4.78, 5) is 0. The summed E-state index contributed by atoms with van der Waals surface area (Å²) in [5.74, 6) is 0.228. The Morgan fingerprint density at radius 3 is 2.52 bits per heavy atom. The molecule has 158 valence electrons. The van der Waals surface area contributed by atoms with Crippen LogP contribution in [0.1, 0.15) is 69.8 Å². The maximum atomic E-state index is 14.8. The van der Waals surface area contributed by atoms with Crippen molar-refractivity contribution in [1.29, 1.82) is 0 Å². The van der Waals surface area contributed by atoms with Crippen molar-refractivity contribution in [1.82, 2.24) is 0 Å². The maximum absolute atomic E-state index is 14.8. The van der Waals surface area contributed by atoms with Gasteiger partial charge in [0.1, 0.15) is 5.82 Å². The average Bonchev–Trinajstić information content (AvgIpc) is 2.69. The number of fused-ring (bicyclic) bond motifs is 2. The predicted molar refractivity (Wildman–Crippen MR) is 106 cm³/mol. The van der Waals surface area contributed by atoms with E-state index in [4.69, 9.17) is 0 Å². The van der Waals surface area contributed by atoms with Crippen molar-refractivity contribution in [3.63, 3.8) is 0 Å². The third kappa shape index (κ3) is 4.24. The molecule has 2 aliphatic rings. The molecule has 2 aliphatic carbocycles. The Hall–Kier alpha value is -1.78. The molecule has 0 spiro atoms. The first-order valence-electron chi connectivity index (χ1n) is 10.8.